The van der Waals surface area contributed by atoms with Gasteiger partial charge in [0.15, 0.2) is 0 Å². The quantitative estimate of drug-likeness (QED) is 0.920. The van der Waals surface area contributed by atoms with Crippen LogP contribution < -0.4 is 0 Å². The molecule has 1 aromatic rings. The van der Waals surface area contributed by atoms with Crippen molar-refractivity contribution in [2.75, 3.05) is 14.1 Å². The van der Waals surface area contributed by atoms with Crippen LogP contribution in [0.2, 0.25) is 0 Å². The lowest BCUT2D eigenvalue weighted by atomic mass is 9.72. The maximum Gasteiger partial charge on any atom is 0.0807 e. The van der Waals surface area contributed by atoms with E-state index in [1.807, 2.05) is 12.3 Å². The molecule has 2 aliphatic rings. The Hall–Kier alpha value is -0.930. The summed E-state index contributed by atoms with van der Waals surface area (Å²) in [7, 11) is 4.26. The second-order valence-electron chi connectivity index (χ2n) is 6.70. The fourth-order valence-corrected chi connectivity index (χ4v) is 4.30. The Balaban J connectivity index is 1.89. The van der Waals surface area contributed by atoms with Crippen molar-refractivity contribution in [3.63, 3.8) is 0 Å². The third-order valence-corrected chi connectivity index (χ3v) is 5.54. The van der Waals surface area contributed by atoms with Crippen molar-refractivity contribution < 1.29 is 5.11 Å². The monoisotopic (exact) mass is 274 g/mol. The third-order valence-electron chi connectivity index (χ3n) is 5.54. The van der Waals surface area contributed by atoms with Crippen LogP contribution in [0.3, 0.4) is 0 Å². The van der Waals surface area contributed by atoms with Gasteiger partial charge in [-0.1, -0.05) is 25.3 Å². The van der Waals surface area contributed by atoms with Gasteiger partial charge in [0, 0.05) is 23.3 Å². The molecule has 0 bridgehead atoms. The molecular formula is C17H26N2O. The number of rotatable bonds is 3. The summed E-state index contributed by atoms with van der Waals surface area (Å²) in [5.74, 6) is 0.215. The normalized spacial score (nSPS) is 26.5. The lowest BCUT2D eigenvalue weighted by molar-refractivity contribution is -0.0460. The number of aliphatic hydroxyl groups excluding tert-OH is 1. The van der Waals surface area contributed by atoms with Crippen LogP contribution in [-0.4, -0.2) is 40.7 Å². The Bertz CT molecular complexity index is 466. The summed E-state index contributed by atoms with van der Waals surface area (Å²) in [6.07, 6.45) is 9.68. The lowest BCUT2D eigenvalue weighted by Gasteiger charge is -2.48. The Labute approximate surface area is 122 Å². The average molecular weight is 274 g/mol. The zero-order valence-corrected chi connectivity index (χ0v) is 12.7. The molecule has 1 heterocycles. The summed E-state index contributed by atoms with van der Waals surface area (Å²) in [4.78, 5) is 6.84. The van der Waals surface area contributed by atoms with E-state index in [0.717, 1.165) is 31.4 Å². The number of aryl methyl sites for hydroxylation is 1. The highest BCUT2D eigenvalue weighted by Gasteiger charge is 2.46. The number of aromatic nitrogens is 1. The summed E-state index contributed by atoms with van der Waals surface area (Å²) in [5.41, 5.74) is 2.43. The van der Waals surface area contributed by atoms with Crippen LogP contribution in [0.25, 0.3) is 0 Å². The Morgan fingerprint density at radius 2 is 2.05 bits per heavy atom. The SMILES string of the molecule is CN(C)C1(C(O)C2CCc3cccnc32)CCCCC1. The van der Waals surface area contributed by atoms with E-state index < -0.39 is 0 Å². The van der Waals surface area contributed by atoms with Gasteiger partial charge in [-0.25, -0.2) is 0 Å². The van der Waals surface area contributed by atoms with E-state index in [4.69, 9.17) is 0 Å². The molecule has 2 aliphatic carbocycles. The molecule has 1 aromatic heterocycles. The molecule has 0 aromatic carbocycles. The van der Waals surface area contributed by atoms with Crippen molar-refractivity contribution in [1.82, 2.24) is 9.88 Å². The van der Waals surface area contributed by atoms with Crippen LogP contribution in [0, 0.1) is 0 Å². The van der Waals surface area contributed by atoms with Gasteiger partial charge in [-0.2, -0.15) is 0 Å². The van der Waals surface area contributed by atoms with E-state index in [-0.39, 0.29) is 17.6 Å². The summed E-state index contributed by atoms with van der Waals surface area (Å²) in [5, 5.41) is 11.2. The Morgan fingerprint density at radius 3 is 2.75 bits per heavy atom. The van der Waals surface area contributed by atoms with Gasteiger partial charge in [-0.3, -0.25) is 4.98 Å². The maximum absolute atomic E-state index is 11.2. The van der Waals surface area contributed by atoms with Gasteiger partial charge >= 0.3 is 0 Å². The molecule has 0 amide bonds. The van der Waals surface area contributed by atoms with E-state index in [2.05, 4.69) is 30.0 Å². The topological polar surface area (TPSA) is 36.4 Å². The lowest BCUT2D eigenvalue weighted by Crippen LogP contribution is -2.56. The van der Waals surface area contributed by atoms with Gasteiger partial charge in [0.05, 0.1) is 6.10 Å². The maximum atomic E-state index is 11.2. The number of hydrogen-bond donors (Lipinski definition) is 1. The molecule has 1 saturated carbocycles. The molecule has 0 spiro atoms. The minimum atomic E-state index is -0.297. The first-order chi connectivity index (χ1) is 9.65. The fourth-order valence-electron chi connectivity index (χ4n) is 4.30. The summed E-state index contributed by atoms with van der Waals surface area (Å²) in [6, 6.07) is 4.17. The number of fused-ring (bicyclic) bond motifs is 1. The minimum Gasteiger partial charge on any atom is -0.390 e. The minimum absolute atomic E-state index is 0.0535. The van der Waals surface area contributed by atoms with Crippen molar-refractivity contribution in [3.05, 3.63) is 29.6 Å². The van der Waals surface area contributed by atoms with Gasteiger partial charge in [-0.05, 0) is 51.4 Å². The predicted octanol–water partition coefficient (Wildman–Crippen LogP) is 2.74. The van der Waals surface area contributed by atoms with E-state index in [0.29, 0.717) is 0 Å². The molecule has 2 atom stereocenters. The molecule has 0 radical (unpaired) electrons. The van der Waals surface area contributed by atoms with Crippen molar-refractivity contribution >= 4 is 0 Å². The second kappa shape index (κ2) is 5.45. The molecule has 0 saturated heterocycles. The molecule has 2 unspecified atom stereocenters. The first-order valence-corrected chi connectivity index (χ1v) is 7.94. The zero-order chi connectivity index (χ0) is 14.2. The van der Waals surface area contributed by atoms with Crippen LogP contribution in [0.1, 0.15) is 55.7 Å². The number of likely N-dealkylation sites (N-methyl/N-ethyl adjacent to an activating group) is 1. The molecule has 0 aliphatic heterocycles. The van der Waals surface area contributed by atoms with Gasteiger partial charge in [0.1, 0.15) is 0 Å². The third kappa shape index (κ3) is 2.17. The highest BCUT2D eigenvalue weighted by molar-refractivity contribution is 5.30. The molecule has 110 valence electrons. The first-order valence-electron chi connectivity index (χ1n) is 7.94. The Morgan fingerprint density at radius 1 is 1.30 bits per heavy atom. The highest BCUT2D eigenvalue weighted by atomic mass is 16.3. The second-order valence-corrected chi connectivity index (χ2v) is 6.70. The van der Waals surface area contributed by atoms with Gasteiger partial charge in [-0.15, -0.1) is 0 Å². The Kier molecular flexibility index (Phi) is 3.83. The summed E-state index contributed by atoms with van der Waals surface area (Å²) < 4.78 is 0. The smallest absolute Gasteiger partial charge is 0.0807 e. The zero-order valence-electron chi connectivity index (χ0n) is 12.7. The average Bonchev–Trinajstić information content (AvgIpc) is 2.91. The van der Waals surface area contributed by atoms with Crippen molar-refractivity contribution in [3.8, 4) is 0 Å². The highest BCUT2D eigenvalue weighted by Crippen LogP contribution is 2.44. The van der Waals surface area contributed by atoms with E-state index in [1.165, 1.54) is 24.8 Å². The summed E-state index contributed by atoms with van der Waals surface area (Å²) in [6.45, 7) is 0. The fraction of sp³-hybridized carbons (Fsp3) is 0.706. The largest absolute Gasteiger partial charge is 0.390 e. The van der Waals surface area contributed by atoms with E-state index in [9.17, 15) is 5.11 Å². The predicted molar refractivity (Wildman–Crippen MR) is 80.8 cm³/mol. The van der Waals surface area contributed by atoms with E-state index >= 15 is 0 Å². The van der Waals surface area contributed by atoms with Gasteiger partial charge < -0.3 is 10.0 Å². The number of pyridine rings is 1. The van der Waals surface area contributed by atoms with E-state index in [1.54, 1.807) is 0 Å². The number of nitrogens with zero attached hydrogens (tertiary/aromatic N) is 2. The van der Waals surface area contributed by atoms with Crippen LogP contribution in [0.4, 0.5) is 0 Å². The van der Waals surface area contributed by atoms with Gasteiger partial charge in [0.2, 0.25) is 0 Å². The van der Waals surface area contributed by atoms with Crippen LogP contribution >= 0.6 is 0 Å². The standard InChI is InChI=1S/C17H26N2O/c1-19(2)17(10-4-3-5-11-17)16(20)14-9-8-13-7-6-12-18-15(13)14/h6-7,12,14,16,20H,3-5,8-11H2,1-2H3. The van der Waals surface area contributed by atoms with Gasteiger partial charge in [0.25, 0.3) is 0 Å². The molecule has 20 heavy (non-hydrogen) atoms. The van der Waals surface area contributed by atoms with Crippen LogP contribution in [0.5, 0.6) is 0 Å². The van der Waals surface area contributed by atoms with Crippen molar-refractivity contribution in [2.24, 2.45) is 0 Å². The van der Waals surface area contributed by atoms with Crippen LogP contribution in [0.15, 0.2) is 18.3 Å². The summed E-state index contributed by atoms with van der Waals surface area (Å²) >= 11 is 0. The molecule has 3 rings (SSSR count). The number of aliphatic hydroxyl groups is 1. The number of hydrogen-bond acceptors (Lipinski definition) is 3. The molecule has 3 nitrogen and oxygen atoms in total. The van der Waals surface area contributed by atoms with Crippen molar-refractivity contribution in [1.29, 1.82) is 0 Å². The molecular weight excluding hydrogens is 248 g/mol. The molecule has 1 N–H and O–H groups in total. The van der Waals surface area contributed by atoms with Crippen molar-refractivity contribution in [2.45, 2.75) is 62.5 Å². The first kappa shape index (κ1) is 14.0. The van der Waals surface area contributed by atoms with Crippen LogP contribution in [-0.2, 0) is 6.42 Å². The molecule has 1 fully saturated rings. The molecule has 3 heteroatoms.